The average Bonchev–Trinajstić information content (AvgIpc) is 2.85. The van der Waals surface area contributed by atoms with Gasteiger partial charge in [0.25, 0.3) is 0 Å². The highest BCUT2D eigenvalue weighted by atomic mass is 16.5. The number of benzene rings is 1. The minimum absolute atomic E-state index is 0.0270. The molecule has 6 nitrogen and oxygen atoms in total. The van der Waals surface area contributed by atoms with E-state index in [1.807, 2.05) is 32.1 Å². The molecule has 0 saturated carbocycles. The summed E-state index contributed by atoms with van der Waals surface area (Å²) in [5, 5.41) is 0. The van der Waals surface area contributed by atoms with E-state index in [0.717, 1.165) is 44.1 Å². The molecule has 6 heteroatoms. The van der Waals surface area contributed by atoms with Crippen LogP contribution in [0.15, 0.2) is 48.8 Å². The zero-order valence-corrected chi connectivity index (χ0v) is 20.8. The van der Waals surface area contributed by atoms with Gasteiger partial charge in [-0.25, -0.2) is 14.8 Å². The highest BCUT2D eigenvalue weighted by molar-refractivity contribution is 5.83. The van der Waals surface area contributed by atoms with Crippen LogP contribution in [0.1, 0.15) is 84.1 Å². The van der Waals surface area contributed by atoms with Gasteiger partial charge in [0.1, 0.15) is 0 Å². The fourth-order valence-corrected chi connectivity index (χ4v) is 3.48. The summed E-state index contributed by atoms with van der Waals surface area (Å²) in [6.07, 6.45) is 16.2. The predicted octanol–water partition coefficient (Wildman–Crippen LogP) is 6.63. The van der Waals surface area contributed by atoms with E-state index in [1.54, 1.807) is 0 Å². The molecule has 1 heterocycles. The summed E-state index contributed by atoms with van der Waals surface area (Å²) in [4.78, 5) is 31.9. The highest BCUT2D eigenvalue weighted by Gasteiger charge is 2.08. The maximum Gasteiger partial charge on any atom is 0.335 e. The molecule has 2 rings (SSSR count). The molecule has 0 amide bonds. The van der Waals surface area contributed by atoms with Crippen LogP contribution in [0.2, 0.25) is 0 Å². The molecule has 0 N–H and O–H groups in total. The van der Waals surface area contributed by atoms with Gasteiger partial charge >= 0.3 is 11.9 Å². The fourth-order valence-electron chi connectivity index (χ4n) is 3.48. The Kier molecular flexibility index (Phi) is 12.6. The van der Waals surface area contributed by atoms with Crippen molar-refractivity contribution in [1.29, 1.82) is 0 Å². The van der Waals surface area contributed by atoms with Gasteiger partial charge in [-0.2, -0.15) is 0 Å². The van der Waals surface area contributed by atoms with Crippen LogP contribution in [-0.2, 0) is 20.7 Å². The number of nitrogens with zero attached hydrogens (tertiary/aromatic N) is 2. The lowest BCUT2D eigenvalue weighted by molar-refractivity contribution is -0.148. The van der Waals surface area contributed by atoms with E-state index in [4.69, 9.17) is 9.47 Å². The molecule has 0 spiro atoms. The van der Waals surface area contributed by atoms with Crippen LogP contribution >= 0.6 is 0 Å². The molecule has 184 valence electrons. The van der Waals surface area contributed by atoms with Crippen LogP contribution in [0.5, 0.6) is 5.75 Å². The number of ether oxygens (including phenoxy) is 2. The van der Waals surface area contributed by atoms with Crippen LogP contribution in [-0.4, -0.2) is 28.0 Å². The Balaban J connectivity index is 1.74. The van der Waals surface area contributed by atoms with E-state index in [-0.39, 0.29) is 12.1 Å². The molecule has 0 aliphatic rings. The second kappa shape index (κ2) is 15.8. The maximum absolute atomic E-state index is 11.9. The number of esters is 2. The Morgan fingerprint density at radius 2 is 1.71 bits per heavy atom. The summed E-state index contributed by atoms with van der Waals surface area (Å²) >= 11 is 0. The van der Waals surface area contributed by atoms with Crippen LogP contribution in [0, 0.1) is 0 Å². The third-order valence-electron chi connectivity index (χ3n) is 5.48. The predicted molar refractivity (Wildman–Crippen MR) is 134 cm³/mol. The van der Waals surface area contributed by atoms with Gasteiger partial charge in [0, 0.05) is 18.1 Å². The summed E-state index contributed by atoms with van der Waals surface area (Å²) in [7, 11) is 0. The normalized spacial score (nSPS) is 12.0. The minimum atomic E-state index is -0.408. The van der Waals surface area contributed by atoms with Crippen molar-refractivity contribution >= 4 is 11.9 Å². The van der Waals surface area contributed by atoms with E-state index in [0.29, 0.717) is 18.0 Å². The number of carbonyl (C=O) groups excluding carboxylic acids is 2. The van der Waals surface area contributed by atoms with Crippen molar-refractivity contribution < 1.29 is 19.1 Å². The first-order valence-electron chi connectivity index (χ1n) is 12.5. The van der Waals surface area contributed by atoms with Crippen molar-refractivity contribution in [3.8, 4) is 17.1 Å². The number of rotatable bonds is 15. The van der Waals surface area contributed by atoms with E-state index < -0.39 is 5.97 Å². The Morgan fingerprint density at radius 3 is 2.38 bits per heavy atom. The zero-order valence-electron chi connectivity index (χ0n) is 20.8. The quantitative estimate of drug-likeness (QED) is 0.166. The van der Waals surface area contributed by atoms with Gasteiger partial charge in [0.15, 0.2) is 11.6 Å². The summed E-state index contributed by atoms with van der Waals surface area (Å²) in [5.41, 5.74) is 2.16. The molecule has 0 fully saturated rings. The summed E-state index contributed by atoms with van der Waals surface area (Å²) in [6, 6.07) is 8.17. The van der Waals surface area contributed by atoms with E-state index in [2.05, 4.69) is 29.0 Å². The molecule has 0 aliphatic heterocycles. The van der Waals surface area contributed by atoms with Crippen molar-refractivity contribution in [2.45, 2.75) is 91.1 Å². The van der Waals surface area contributed by atoms with Crippen molar-refractivity contribution in [2.75, 3.05) is 0 Å². The van der Waals surface area contributed by atoms with Crippen LogP contribution in [0.25, 0.3) is 11.4 Å². The molecule has 2 aromatic rings. The number of aromatic nitrogens is 2. The van der Waals surface area contributed by atoms with Gasteiger partial charge in [-0.3, -0.25) is 4.79 Å². The Hall–Kier alpha value is -3.02. The first kappa shape index (κ1) is 27.2. The van der Waals surface area contributed by atoms with Crippen LogP contribution in [0.4, 0.5) is 0 Å². The van der Waals surface area contributed by atoms with Gasteiger partial charge < -0.3 is 9.47 Å². The molecule has 1 atom stereocenters. The Bertz CT molecular complexity index is 892. The highest BCUT2D eigenvalue weighted by Crippen LogP contribution is 2.19. The monoisotopic (exact) mass is 466 g/mol. The van der Waals surface area contributed by atoms with Crippen molar-refractivity contribution in [1.82, 2.24) is 9.97 Å². The lowest BCUT2D eigenvalue weighted by Gasteiger charge is -2.12. The third kappa shape index (κ3) is 10.7. The molecule has 0 radical (unpaired) electrons. The molecule has 1 aromatic heterocycles. The van der Waals surface area contributed by atoms with E-state index in [9.17, 15) is 9.59 Å². The standard InChI is InChI=1S/C28H38N2O4/c1-4-6-7-8-9-10-15-27(32)34-25-20-29-28(30-21-25)24-18-16-23(17-19-24)14-12-11-13-22(3)33-26(31)5-2/h10,15-22H,4-9,11-14H2,1-3H3/b15-10+. The van der Waals surface area contributed by atoms with Gasteiger partial charge in [0.05, 0.1) is 18.5 Å². The lowest BCUT2D eigenvalue weighted by Crippen LogP contribution is -2.13. The molecule has 0 aliphatic carbocycles. The number of hydrogen-bond donors (Lipinski definition) is 0. The molecule has 1 aromatic carbocycles. The lowest BCUT2D eigenvalue weighted by atomic mass is 10.0. The van der Waals surface area contributed by atoms with Gasteiger partial charge in [0.2, 0.25) is 0 Å². The molecular weight excluding hydrogens is 428 g/mol. The largest absolute Gasteiger partial charge is 0.463 e. The maximum atomic E-state index is 11.9. The second-order valence-electron chi connectivity index (χ2n) is 8.51. The second-order valence-corrected chi connectivity index (χ2v) is 8.51. The molecule has 1 unspecified atom stereocenters. The SMILES string of the molecule is CCCCCC/C=C/C(=O)Oc1cnc(-c2ccc(CCCCC(C)OC(=O)CC)cc2)nc1. The number of hydrogen-bond acceptors (Lipinski definition) is 6. The van der Waals surface area contributed by atoms with Gasteiger partial charge in [-0.15, -0.1) is 0 Å². The summed E-state index contributed by atoms with van der Waals surface area (Å²) in [6.45, 7) is 5.93. The fraction of sp³-hybridized carbons (Fsp3) is 0.500. The first-order valence-corrected chi connectivity index (χ1v) is 12.5. The number of carbonyl (C=O) groups is 2. The number of unbranched alkanes of at least 4 members (excludes halogenated alkanes) is 5. The summed E-state index contributed by atoms with van der Waals surface area (Å²) < 4.78 is 10.6. The molecule has 0 saturated heterocycles. The van der Waals surface area contributed by atoms with Crippen molar-refractivity contribution in [3.63, 3.8) is 0 Å². The summed E-state index contributed by atoms with van der Waals surface area (Å²) in [5.74, 6) is 0.375. The Morgan fingerprint density at radius 1 is 0.971 bits per heavy atom. The molecule has 34 heavy (non-hydrogen) atoms. The molecular formula is C28H38N2O4. The average molecular weight is 467 g/mol. The topological polar surface area (TPSA) is 78.4 Å². The smallest absolute Gasteiger partial charge is 0.335 e. The van der Waals surface area contributed by atoms with Gasteiger partial charge in [-0.1, -0.05) is 63.5 Å². The van der Waals surface area contributed by atoms with E-state index in [1.165, 1.54) is 43.3 Å². The van der Waals surface area contributed by atoms with Crippen molar-refractivity contribution in [3.05, 3.63) is 54.4 Å². The first-order chi connectivity index (χ1) is 16.5. The van der Waals surface area contributed by atoms with Crippen LogP contribution < -0.4 is 4.74 Å². The van der Waals surface area contributed by atoms with Crippen molar-refractivity contribution in [2.24, 2.45) is 0 Å². The molecule has 0 bridgehead atoms. The van der Waals surface area contributed by atoms with Crippen LogP contribution in [0.3, 0.4) is 0 Å². The Labute approximate surface area is 203 Å². The number of aryl methyl sites for hydroxylation is 1. The van der Waals surface area contributed by atoms with Gasteiger partial charge in [-0.05, 0) is 51.0 Å². The number of allylic oxidation sites excluding steroid dienone is 1. The third-order valence-corrected chi connectivity index (χ3v) is 5.48. The minimum Gasteiger partial charge on any atom is -0.463 e. The van der Waals surface area contributed by atoms with E-state index >= 15 is 0 Å². The zero-order chi connectivity index (χ0) is 24.6.